The lowest BCUT2D eigenvalue weighted by molar-refractivity contribution is -0.139. The van der Waals surface area contributed by atoms with Crippen LogP contribution in [0.1, 0.15) is 36.8 Å². The topological polar surface area (TPSA) is 58.7 Å². The van der Waals surface area contributed by atoms with E-state index in [9.17, 15) is 18.1 Å². The van der Waals surface area contributed by atoms with E-state index < -0.39 is 23.2 Å². The average molecular weight is 429 g/mol. The van der Waals surface area contributed by atoms with Gasteiger partial charge in [0.05, 0.1) is 18.3 Å². The Balaban J connectivity index is 1.63. The van der Waals surface area contributed by atoms with E-state index in [1.54, 1.807) is 17.0 Å². The van der Waals surface area contributed by atoms with Crippen LogP contribution in [0.2, 0.25) is 0 Å². The summed E-state index contributed by atoms with van der Waals surface area (Å²) in [6.45, 7) is 0.179. The van der Waals surface area contributed by atoms with Gasteiger partial charge in [-0.1, -0.05) is 53.2 Å². The standard InChI is InChI=1S/C23H22F3N3O2/c24-23(25,26)20-10-5-4-9-19(20)22(12-6-13-22)15-17(28-30)16-29(21-11-14-27-31-21)18-7-2-1-3-8-18/h1-5,7-11,14,17H,6,12-13,15-16H2. The van der Waals surface area contributed by atoms with Gasteiger partial charge in [0.15, 0.2) is 0 Å². The van der Waals surface area contributed by atoms with Gasteiger partial charge in [0.25, 0.3) is 0 Å². The number of para-hydroxylation sites is 1. The van der Waals surface area contributed by atoms with Crippen LogP contribution in [0, 0.1) is 4.91 Å². The molecule has 3 aromatic rings. The third-order valence-corrected chi connectivity index (χ3v) is 6.04. The predicted molar refractivity (Wildman–Crippen MR) is 111 cm³/mol. The van der Waals surface area contributed by atoms with Crippen LogP contribution >= 0.6 is 0 Å². The van der Waals surface area contributed by atoms with Gasteiger partial charge in [-0.3, -0.25) is 0 Å². The Morgan fingerprint density at radius 1 is 1.06 bits per heavy atom. The lowest BCUT2D eigenvalue weighted by Crippen LogP contribution is -2.41. The van der Waals surface area contributed by atoms with Crippen molar-refractivity contribution < 1.29 is 17.7 Å². The van der Waals surface area contributed by atoms with Crippen molar-refractivity contribution in [2.24, 2.45) is 5.18 Å². The summed E-state index contributed by atoms with van der Waals surface area (Å²) in [5, 5.41) is 7.05. The van der Waals surface area contributed by atoms with E-state index in [4.69, 9.17) is 4.52 Å². The summed E-state index contributed by atoms with van der Waals surface area (Å²) in [6.07, 6.45) is -0.691. The molecule has 0 N–H and O–H groups in total. The van der Waals surface area contributed by atoms with E-state index in [1.165, 1.54) is 18.3 Å². The Morgan fingerprint density at radius 2 is 1.77 bits per heavy atom. The molecular formula is C23H22F3N3O2. The minimum absolute atomic E-state index is 0.179. The molecule has 0 bridgehead atoms. The van der Waals surface area contributed by atoms with Gasteiger partial charge in [-0.2, -0.15) is 18.1 Å². The molecule has 1 heterocycles. The van der Waals surface area contributed by atoms with Gasteiger partial charge < -0.3 is 9.42 Å². The normalized spacial score (nSPS) is 16.4. The highest BCUT2D eigenvalue weighted by Gasteiger charge is 2.46. The number of anilines is 2. The number of benzene rings is 2. The van der Waals surface area contributed by atoms with Gasteiger partial charge in [-0.15, -0.1) is 0 Å². The number of hydrogen-bond acceptors (Lipinski definition) is 5. The van der Waals surface area contributed by atoms with Crippen molar-refractivity contribution in [3.63, 3.8) is 0 Å². The molecule has 0 aliphatic heterocycles. The Labute approximate surface area is 177 Å². The predicted octanol–water partition coefficient (Wildman–Crippen LogP) is 6.48. The SMILES string of the molecule is O=NC(CN(c1ccccc1)c1ccno1)CC1(c2ccccc2C(F)(F)F)CCC1. The molecule has 2 aromatic carbocycles. The van der Waals surface area contributed by atoms with Crippen molar-refractivity contribution >= 4 is 11.6 Å². The Hall–Kier alpha value is -3.16. The van der Waals surface area contributed by atoms with Crippen LogP contribution in [0.25, 0.3) is 0 Å². The van der Waals surface area contributed by atoms with Crippen molar-refractivity contribution in [1.29, 1.82) is 0 Å². The van der Waals surface area contributed by atoms with E-state index in [2.05, 4.69) is 10.3 Å². The van der Waals surface area contributed by atoms with Crippen LogP contribution in [-0.4, -0.2) is 17.7 Å². The van der Waals surface area contributed by atoms with E-state index in [0.29, 0.717) is 18.7 Å². The van der Waals surface area contributed by atoms with Gasteiger partial charge in [-0.25, -0.2) is 0 Å². The van der Waals surface area contributed by atoms with Crippen molar-refractivity contribution in [2.45, 2.75) is 43.3 Å². The van der Waals surface area contributed by atoms with E-state index in [0.717, 1.165) is 18.2 Å². The maximum absolute atomic E-state index is 13.7. The van der Waals surface area contributed by atoms with Crippen molar-refractivity contribution in [2.75, 3.05) is 11.4 Å². The third kappa shape index (κ3) is 4.33. The second kappa shape index (κ2) is 8.53. The summed E-state index contributed by atoms with van der Waals surface area (Å²) >= 11 is 0. The zero-order valence-electron chi connectivity index (χ0n) is 16.8. The molecule has 1 aromatic heterocycles. The summed E-state index contributed by atoms with van der Waals surface area (Å²) < 4.78 is 46.3. The summed E-state index contributed by atoms with van der Waals surface area (Å²) in [7, 11) is 0. The first kappa shape index (κ1) is 21.1. The molecule has 1 fully saturated rings. The fraction of sp³-hybridized carbons (Fsp3) is 0.348. The molecule has 0 amide bonds. The second-order valence-corrected chi connectivity index (χ2v) is 7.94. The lowest BCUT2D eigenvalue weighted by Gasteiger charge is -2.45. The molecular weight excluding hydrogens is 407 g/mol. The first-order valence-corrected chi connectivity index (χ1v) is 10.2. The van der Waals surface area contributed by atoms with Gasteiger partial charge in [0.2, 0.25) is 5.88 Å². The fourth-order valence-corrected chi connectivity index (χ4v) is 4.46. The Kier molecular flexibility index (Phi) is 5.80. The highest BCUT2D eigenvalue weighted by molar-refractivity contribution is 5.58. The summed E-state index contributed by atoms with van der Waals surface area (Å²) in [5.41, 5.74) is -0.303. The van der Waals surface area contributed by atoms with Crippen LogP contribution in [-0.2, 0) is 11.6 Å². The number of nitroso groups, excluding NO2 is 1. The molecule has 1 unspecified atom stereocenters. The van der Waals surface area contributed by atoms with Crippen LogP contribution in [0.4, 0.5) is 24.7 Å². The Bertz CT molecular complexity index is 1000. The molecule has 162 valence electrons. The van der Waals surface area contributed by atoms with E-state index in [1.807, 2.05) is 30.3 Å². The molecule has 1 atom stereocenters. The van der Waals surface area contributed by atoms with Crippen LogP contribution < -0.4 is 4.90 Å². The first-order chi connectivity index (χ1) is 14.9. The molecule has 0 saturated heterocycles. The molecule has 1 aliphatic carbocycles. The highest BCUT2D eigenvalue weighted by atomic mass is 19.4. The minimum atomic E-state index is -4.45. The number of aromatic nitrogens is 1. The van der Waals surface area contributed by atoms with E-state index >= 15 is 0 Å². The van der Waals surface area contributed by atoms with Crippen molar-refractivity contribution in [1.82, 2.24) is 5.16 Å². The number of nitrogens with zero attached hydrogens (tertiary/aromatic N) is 3. The van der Waals surface area contributed by atoms with Crippen molar-refractivity contribution in [3.8, 4) is 0 Å². The molecule has 0 spiro atoms. The zero-order valence-corrected chi connectivity index (χ0v) is 16.8. The maximum Gasteiger partial charge on any atom is 0.416 e. The number of alkyl halides is 3. The second-order valence-electron chi connectivity index (χ2n) is 7.94. The number of hydrogen-bond donors (Lipinski definition) is 0. The smallest absolute Gasteiger partial charge is 0.338 e. The van der Waals surface area contributed by atoms with Gasteiger partial charge in [0, 0.05) is 11.8 Å². The minimum Gasteiger partial charge on any atom is -0.338 e. The lowest BCUT2D eigenvalue weighted by atomic mass is 9.60. The van der Waals surface area contributed by atoms with Crippen LogP contribution in [0.5, 0.6) is 0 Å². The molecule has 1 saturated carbocycles. The third-order valence-electron chi connectivity index (χ3n) is 6.04. The maximum atomic E-state index is 13.7. The zero-order chi connectivity index (χ0) is 21.9. The quantitative estimate of drug-likeness (QED) is 0.385. The largest absolute Gasteiger partial charge is 0.416 e. The molecule has 5 nitrogen and oxygen atoms in total. The van der Waals surface area contributed by atoms with Crippen LogP contribution in [0.15, 0.2) is 76.6 Å². The fourth-order valence-electron chi connectivity index (χ4n) is 4.46. The van der Waals surface area contributed by atoms with Crippen LogP contribution in [0.3, 0.4) is 0 Å². The summed E-state index contributed by atoms with van der Waals surface area (Å²) in [6, 6.07) is 15.9. The summed E-state index contributed by atoms with van der Waals surface area (Å²) in [4.78, 5) is 13.6. The first-order valence-electron chi connectivity index (χ1n) is 10.2. The van der Waals surface area contributed by atoms with Gasteiger partial charge in [0.1, 0.15) is 6.04 Å². The summed E-state index contributed by atoms with van der Waals surface area (Å²) in [5.74, 6) is 0.443. The molecule has 1 aliphatic rings. The Morgan fingerprint density at radius 3 is 2.35 bits per heavy atom. The van der Waals surface area contributed by atoms with E-state index in [-0.39, 0.29) is 18.5 Å². The molecule has 0 radical (unpaired) electrons. The van der Waals surface area contributed by atoms with Crippen molar-refractivity contribution in [3.05, 3.63) is 82.9 Å². The van der Waals surface area contributed by atoms with Gasteiger partial charge >= 0.3 is 6.18 Å². The number of halogens is 3. The average Bonchev–Trinajstić information content (AvgIpc) is 3.27. The highest BCUT2D eigenvalue weighted by Crippen LogP contribution is 2.51. The molecule has 31 heavy (non-hydrogen) atoms. The monoisotopic (exact) mass is 429 g/mol. The molecule has 8 heteroatoms. The van der Waals surface area contributed by atoms with Gasteiger partial charge in [-0.05, 0) is 48.4 Å². The number of rotatable bonds is 8. The molecule has 4 rings (SSSR count).